The highest BCUT2D eigenvalue weighted by atomic mass is 14.6. The minimum atomic E-state index is 0.760. The van der Waals surface area contributed by atoms with E-state index in [9.17, 15) is 0 Å². The second-order valence-corrected chi connectivity index (χ2v) is 4.23. The van der Waals surface area contributed by atoms with Crippen LogP contribution in [0.2, 0.25) is 0 Å². The van der Waals surface area contributed by atoms with Gasteiger partial charge < -0.3 is 0 Å². The molecule has 11 heavy (non-hydrogen) atoms. The van der Waals surface area contributed by atoms with E-state index in [4.69, 9.17) is 0 Å². The lowest BCUT2D eigenvalue weighted by Crippen LogP contribution is -1.95. The number of hydrogen-bond donors (Lipinski definition) is 0. The van der Waals surface area contributed by atoms with E-state index in [0.29, 0.717) is 0 Å². The van der Waals surface area contributed by atoms with Crippen LogP contribution in [0.1, 0.15) is 46.0 Å². The van der Waals surface area contributed by atoms with Gasteiger partial charge in [-0.05, 0) is 42.9 Å². The van der Waals surface area contributed by atoms with Gasteiger partial charge in [-0.15, -0.1) is 0 Å². The third-order valence-corrected chi connectivity index (χ3v) is 3.28. The molecule has 3 aliphatic rings. The maximum Gasteiger partial charge on any atom is -0.0109 e. The first kappa shape index (κ1) is 7.39. The Morgan fingerprint density at radius 3 is 1.36 bits per heavy atom. The van der Waals surface area contributed by atoms with Crippen molar-refractivity contribution in [2.24, 2.45) is 10.8 Å². The molecule has 0 amide bonds. The van der Waals surface area contributed by atoms with E-state index < -0.39 is 0 Å². The summed E-state index contributed by atoms with van der Waals surface area (Å²) in [5.41, 5.74) is 1.52. The molecule has 62 valence electrons. The van der Waals surface area contributed by atoms with Gasteiger partial charge in [0.1, 0.15) is 0 Å². The Kier molecular flexibility index (Phi) is 1.42. The largest absolute Gasteiger partial charge is 0.0817 e. The quantitative estimate of drug-likeness (QED) is 0.463. The van der Waals surface area contributed by atoms with Gasteiger partial charge in [-0.25, -0.2) is 0 Å². The number of allylic oxidation sites excluding steroid dienone is 2. The SMILES string of the molecule is C1=CC2(CC2)CC12CC2.CC. The molecule has 0 unspecified atom stereocenters. The third-order valence-electron chi connectivity index (χ3n) is 3.28. The Morgan fingerprint density at radius 1 is 0.818 bits per heavy atom. The monoisotopic (exact) mass is 150 g/mol. The summed E-state index contributed by atoms with van der Waals surface area (Å²) in [5.74, 6) is 0. The lowest BCUT2D eigenvalue weighted by Gasteiger charge is -2.04. The summed E-state index contributed by atoms with van der Waals surface area (Å²) in [4.78, 5) is 0. The van der Waals surface area contributed by atoms with Gasteiger partial charge in [0.05, 0.1) is 0 Å². The van der Waals surface area contributed by atoms with Gasteiger partial charge in [-0.3, -0.25) is 0 Å². The topological polar surface area (TPSA) is 0 Å². The zero-order valence-corrected chi connectivity index (χ0v) is 7.69. The predicted octanol–water partition coefficient (Wildman–Crippen LogP) is 3.53. The predicted molar refractivity (Wildman–Crippen MR) is 48.4 cm³/mol. The molecule has 0 aromatic rings. The van der Waals surface area contributed by atoms with E-state index in [1.165, 1.54) is 32.1 Å². The first-order valence-corrected chi connectivity index (χ1v) is 5.03. The Balaban J connectivity index is 0.000000224. The molecule has 0 aromatic carbocycles. The second-order valence-electron chi connectivity index (χ2n) is 4.23. The van der Waals surface area contributed by atoms with E-state index in [1.54, 1.807) is 0 Å². The fourth-order valence-electron chi connectivity index (χ4n) is 2.18. The first-order valence-electron chi connectivity index (χ1n) is 5.03. The summed E-state index contributed by atoms with van der Waals surface area (Å²) in [6, 6.07) is 0. The Bertz CT molecular complexity index is 160. The third kappa shape index (κ3) is 1.13. The van der Waals surface area contributed by atoms with Gasteiger partial charge in [-0.2, -0.15) is 0 Å². The highest BCUT2D eigenvalue weighted by molar-refractivity contribution is 5.26. The lowest BCUT2D eigenvalue weighted by molar-refractivity contribution is 0.501. The van der Waals surface area contributed by atoms with Gasteiger partial charge in [0, 0.05) is 0 Å². The second kappa shape index (κ2) is 2.12. The molecule has 0 nitrogen and oxygen atoms in total. The van der Waals surface area contributed by atoms with Crippen LogP contribution in [-0.4, -0.2) is 0 Å². The Hall–Kier alpha value is -0.260. The Labute approximate surface area is 69.7 Å². The van der Waals surface area contributed by atoms with Crippen molar-refractivity contribution in [3.8, 4) is 0 Å². The molecular formula is C11H18. The molecule has 0 atom stereocenters. The smallest absolute Gasteiger partial charge is 0.0109 e. The van der Waals surface area contributed by atoms with Gasteiger partial charge in [0.15, 0.2) is 0 Å². The van der Waals surface area contributed by atoms with Crippen molar-refractivity contribution in [2.45, 2.75) is 46.0 Å². The summed E-state index contributed by atoms with van der Waals surface area (Å²) in [6.07, 6.45) is 12.5. The average Bonchev–Trinajstić information content (AvgIpc) is 2.87. The zero-order chi connectivity index (χ0) is 7.95. The molecule has 0 heteroatoms. The van der Waals surface area contributed by atoms with Crippen LogP contribution in [0, 0.1) is 10.8 Å². The van der Waals surface area contributed by atoms with Crippen molar-refractivity contribution in [1.82, 2.24) is 0 Å². The van der Waals surface area contributed by atoms with E-state index in [-0.39, 0.29) is 0 Å². The standard InChI is InChI=1S/C9H12.C2H6/c1-2-8(1)5-6-9(7-8)3-4-9;1-2/h5-6H,1-4,7H2;1-2H3. The zero-order valence-electron chi connectivity index (χ0n) is 7.69. The summed E-state index contributed by atoms with van der Waals surface area (Å²) < 4.78 is 0. The van der Waals surface area contributed by atoms with Crippen molar-refractivity contribution < 1.29 is 0 Å². The van der Waals surface area contributed by atoms with Crippen molar-refractivity contribution in [3.63, 3.8) is 0 Å². The van der Waals surface area contributed by atoms with E-state index in [0.717, 1.165) is 10.8 Å². The van der Waals surface area contributed by atoms with Crippen LogP contribution in [0.5, 0.6) is 0 Å². The first-order chi connectivity index (χ1) is 5.33. The fraction of sp³-hybridized carbons (Fsp3) is 0.818. The molecular weight excluding hydrogens is 132 g/mol. The molecule has 2 fully saturated rings. The molecule has 0 radical (unpaired) electrons. The molecule has 0 heterocycles. The summed E-state index contributed by atoms with van der Waals surface area (Å²) in [7, 11) is 0. The summed E-state index contributed by atoms with van der Waals surface area (Å²) in [6.45, 7) is 4.00. The van der Waals surface area contributed by atoms with E-state index >= 15 is 0 Å². The maximum absolute atomic E-state index is 2.50. The van der Waals surface area contributed by atoms with Crippen LogP contribution in [0.3, 0.4) is 0 Å². The van der Waals surface area contributed by atoms with Crippen LogP contribution in [0.25, 0.3) is 0 Å². The maximum atomic E-state index is 2.50. The number of rotatable bonds is 0. The molecule has 0 bridgehead atoms. The van der Waals surface area contributed by atoms with E-state index in [1.807, 2.05) is 13.8 Å². The average molecular weight is 150 g/mol. The molecule has 3 rings (SSSR count). The molecule has 3 aliphatic carbocycles. The number of hydrogen-bond acceptors (Lipinski definition) is 0. The Morgan fingerprint density at radius 2 is 1.18 bits per heavy atom. The van der Waals surface area contributed by atoms with Crippen LogP contribution >= 0.6 is 0 Å². The lowest BCUT2D eigenvalue weighted by atomic mass is 9.99. The van der Waals surface area contributed by atoms with Gasteiger partial charge in [0.2, 0.25) is 0 Å². The summed E-state index contributed by atoms with van der Waals surface area (Å²) in [5, 5.41) is 0. The highest BCUT2D eigenvalue weighted by Crippen LogP contribution is 2.67. The van der Waals surface area contributed by atoms with Gasteiger partial charge in [-0.1, -0.05) is 26.0 Å². The van der Waals surface area contributed by atoms with Crippen molar-refractivity contribution in [1.29, 1.82) is 0 Å². The molecule has 0 saturated heterocycles. The van der Waals surface area contributed by atoms with Crippen LogP contribution in [-0.2, 0) is 0 Å². The summed E-state index contributed by atoms with van der Waals surface area (Å²) >= 11 is 0. The molecule has 0 N–H and O–H groups in total. The van der Waals surface area contributed by atoms with E-state index in [2.05, 4.69) is 12.2 Å². The fourth-order valence-corrected chi connectivity index (χ4v) is 2.18. The molecule has 2 saturated carbocycles. The van der Waals surface area contributed by atoms with Crippen LogP contribution in [0.15, 0.2) is 12.2 Å². The minimum absolute atomic E-state index is 0.760. The molecule has 2 spiro atoms. The molecule has 0 aromatic heterocycles. The van der Waals surface area contributed by atoms with Crippen LogP contribution in [0.4, 0.5) is 0 Å². The van der Waals surface area contributed by atoms with Gasteiger partial charge >= 0.3 is 0 Å². The highest BCUT2D eigenvalue weighted by Gasteiger charge is 2.55. The van der Waals surface area contributed by atoms with Gasteiger partial charge in [0.25, 0.3) is 0 Å². The van der Waals surface area contributed by atoms with Crippen molar-refractivity contribution in [2.75, 3.05) is 0 Å². The van der Waals surface area contributed by atoms with Crippen molar-refractivity contribution >= 4 is 0 Å². The minimum Gasteiger partial charge on any atom is -0.0817 e. The normalized spacial score (nSPS) is 31.8. The van der Waals surface area contributed by atoms with Crippen molar-refractivity contribution in [3.05, 3.63) is 12.2 Å². The molecule has 0 aliphatic heterocycles. The van der Waals surface area contributed by atoms with Crippen LogP contribution < -0.4 is 0 Å².